The Kier molecular flexibility index (Phi) is 4.23. The molecule has 1 saturated heterocycles. The highest BCUT2D eigenvalue weighted by molar-refractivity contribution is 6.20. The van der Waals surface area contributed by atoms with Gasteiger partial charge in [0.1, 0.15) is 0 Å². The van der Waals surface area contributed by atoms with Crippen LogP contribution in [0.1, 0.15) is 13.3 Å². The summed E-state index contributed by atoms with van der Waals surface area (Å²) in [5.41, 5.74) is -0.129. The quantitative estimate of drug-likeness (QED) is 0.400. The zero-order valence-electron chi connectivity index (χ0n) is 14.7. The molecule has 4 aliphatic rings. The van der Waals surface area contributed by atoms with E-state index in [9.17, 15) is 19.2 Å². The topological polar surface area (TPSA) is 105 Å². The molecule has 0 aromatic heterocycles. The SMILES string of the molecule is CC1(OBOC2=CC=C3C(=O)OC(=O)C3=CC2)C=CC2=C(C=C1)C(=O)OC2=O. The van der Waals surface area contributed by atoms with Gasteiger partial charge in [0, 0.05) is 6.42 Å². The van der Waals surface area contributed by atoms with E-state index in [2.05, 4.69) is 9.47 Å². The fourth-order valence-corrected chi connectivity index (χ4v) is 2.93. The van der Waals surface area contributed by atoms with Gasteiger partial charge in [-0.2, -0.15) is 0 Å². The Labute approximate surface area is 159 Å². The second-order valence-electron chi connectivity index (χ2n) is 6.47. The van der Waals surface area contributed by atoms with Crippen LogP contribution >= 0.6 is 0 Å². The molecule has 2 aliphatic carbocycles. The number of carbonyl (C=O) groups is 4. The monoisotopic (exact) mass is 380 g/mol. The first-order valence-electron chi connectivity index (χ1n) is 8.40. The lowest BCUT2D eigenvalue weighted by Gasteiger charge is -2.22. The average molecular weight is 380 g/mol. The van der Waals surface area contributed by atoms with Gasteiger partial charge in [-0.1, -0.05) is 6.08 Å². The summed E-state index contributed by atoms with van der Waals surface area (Å²) < 4.78 is 20.4. The van der Waals surface area contributed by atoms with Gasteiger partial charge in [-0.3, -0.25) is 0 Å². The van der Waals surface area contributed by atoms with Crippen LogP contribution in [-0.2, 0) is 38.0 Å². The standard InChI is InChI=1S/C19H13BO8/c1-19(8-6-13-14(7-9-19)18(24)26-17(13)23)28-20-27-10-2-4-11-12(5-3-10)16(22)25-15(11)21/h2,4-9,20H,3H2,1H3. The fourth-order valence-electron chi connectivity index (χ4n) is 2.93. The molecule has 28 heavy (non-hydrogen) atoms. The highest BCUT2D eigenvalue weighted by Gasteiger charge is 2.34. The van der Waals surface area contributed by atoms with E-state index in [-0.39, 0.29) is 30.0 Å². The van der Waals surface area contributed by atoms with Crippen LogP contribution in [0.3, 0.4) is 0 Å². The van der Waals surface area contributed by atoms with Crippen molar-refractivity contribution in [1.82, 2.24) is 0 Å². The van der Waals surface area contributed by atoms with E-state index in [1.165, 1.54) is 18.2 Å². The molecule has 0 spiro atoms. The van der Waals surface area contributed by atoms with Crippen molar-refractivity contribution < 1.29 is 38.0 Å². The van der Waals surface area contributed by atoms with Crippen molar-refractivity contribution in [3.8, 4) is 0 Å². The average Bonchev–Trinajstić information content (AvgIpc) is 2.90. The van der Waals surface area contributed by atoms with Crippen molar-refractivity contribution in [3.05, 3.63) is 70.6 Å². The number of rotatable bonds is 4. The maximum Gasteiger partial charge on any atom is 0.507 e. The maximum atomic E-state index is 11.6. The van der Waals surface area contributed by atoms with Crippen LogP contribution in [0.2, 0.25) is 0 Å². The Morgan fingerprint density at radius 3 is 2.18 bits per heavy atom. The van der Waals surface area contributed by atoms with Crippen LogP contribution in [-0.4, -0.2) is 37.2 Å². The predicted molar refractivity (Wildman–Crippen MR) is 94.1 cm³/mol. The Morgan fingerprint density at radius 1 is 0.893 bits per heavy atom. The third kappa shape index (κ3) is 3.16. The first kappa shape index (κ1) is 17.9. The van der Waals surface area contributed by atoms with E-state index in [4.69, 9.17) is 9.31 Å². The van der Waals surface area contributed by atoms with Crippen molar-refractivity contribution in [2.45, 2.75) is 18.9 Å². The summed E-state index contributed by atoms with van der Waals surface area (Å²) in [6.07, 6.45) is 11.1. The lowest BCUT2D eigenvalue weighted by atomic mass is 10.0. The molecular formula is C19H13BO8. The number of fused-ring (bicyclic) bond motifs is 1. The minimum Gasteiger partial charge on any atom is -0.542 e. The normalized spacial score (nSPS) is 22.4. The van der Waals surface area contributed by atoms with Gasteiger partial charge in [0.25, 0.3) is 0 Å². The molecule has 0 atom stereocenters. The van der Waals surface area contributed by atoms with Crippen molar-refractivity contribution >= 4 is 31.6 Å². The van der Waals surface area contributed by atoms with Gasteiger partial charge in [0.15, 0.2) is 0 Å². The molecule has 2 aliphatic heterocycles. The summed E-state index contributed by atoms with van der Waals surface area (Å²) in [6, 6.07) is 0. The summed E-state index contributed by atoms with van der Waals surface area (Å²) in [4.78, 5) is 46.4. The predicted octanol–water partition coefficient (Wildman–Crippen LogP) is 0.775. The van der Waals surface area contributed by atoms with E-state index < -0.39 is 29.5 Å². The first-order valence-corrected chi connectivity index (χ1v) is 8.40. The van der Waals surface area contributed by atoms with E-state index in [0.717, 1.165) is 0 Å². The van der Waals surface area contributed by atoms with Crippen LogP contribution in [0.15, 0.2) is 70.6 Å². The number of esters is 4. The molecule has 9 heteroatoms. The lowest BCUT2D eigenvalue weighted by molar-refractivity contribution is -0.152. The molecule has 0 N–H and O–H groups in total. The molecule has 1 fully saturated rings. The van der Waals surface area contributed by atoms with E-state index in [1.807, 2.05) is 0 Å². The van der Waals surface area contributed by atoms with Gasteiger partial charge < -0.3 is 18.8 Å². The maximum absolute atomic E-state index is 11.6. The van der Waals surface area contributed by atoms with Crippen LogP contribution < -0.4 is 0 Å². The number of ether oxygens (including phenoxy) is 2. The van der Waals surface area contributed by atoms with Crippen molar-refractivity contribution in [2.24, 2.45) is 0 Å². The summed E-state index contributed by atoms with van der Waals surface area (Å²) in [5, 5.41) is 0. The molecule has 0 radical (unpaired) electrons. The number of cyclic esters (lactones) is 4. The summed E-state index contributed by atoms with van der Waals surface area (Å²) >= 11 is 0. The summed E-state index contributed by atoms with van der Waals surface area (Å²) in [7, 11) is -0.134. The molecule has 2 heterocycles. The van der Waals surface area contributed by atoms with E-state index in [0.29, 0.717) is 12.2 Å². The number of carbonyl (C=O) groups excluding carboxylic acids is 4. The van der Waals surface area contributed by atoms with Gasteiger partial charge in [-0.05, 0) is 43.4 Å². The van der Waals surface area contributed by atoms with Gasteiger partial charge in [0.05, 0.1) is 33.7 Å². The zero-order valence-corrected chi connectivity index (χ0v) is 14.7. The van der Waals surface area contributed by atoms with Crippen molar-refractivity contribution in [1.29, 1.82) is 0 Å². The molecule has 4 rings (SSSR count). The van der Waals surface area contributed by atoms with Gasteiger partial charge in [-0.15, -0.1) is 0 Å². The molecular weight excluding hydrogens is 367 g/mol. The first-order chi connectivity index (χ1) is 13.4. The Balaban J connectivity index is 1.40. The number of hydrogen-bond donors (Lipinski definition) is 0. The van der Waals surface area contributed by atoms with Crippen molar-refractivity contribution in [3.63, 3.8) is 0 Å². The van der Waals surface area contributed by atoms with Crippen LogP contribution in [0.4, 0.5) is 0 Å². The van der Waals surface area contributed by atoms with E-state index >= 15 is 0 Å². The second kappa shape index (κ2) is 6.61. The number of hydrogen-bond acceptors (Lipinski definition) is 8. The van der Waals surface area contributed by atoms with Gasteiger partial charge >= 0.3 is 31.6 Å². The van der Waals surface area contributed by atoms with Gasteiger partial charge in [-0.25, -0.2) is 19.2 Å². The van der Waals surface area contributed by atoms with Crippen LogP contribution in [0.25, 0.3) is 0 Å². The third-order valence-corrected chi connectivity index (χ3v) is 4.55. The molecule has 8 nitrogen and oxygen atoms in total. The fraction of sp³-hybridized carbons (Fsp3) is 0.158. The van der Waals surface area contributed by atoms with Crippen LogP contribution in [0, 0.1) is 0 Å². The molecule has 0 saturated carbocycles. The Bertz CT molecular complexity index is 971. The van der Waals surface area contributed by atoms with Gasteiger partial charge in [0.2, 0.25) is 0 Å². The minimum atomic E-state index is -0.913. The Hall–Kier alpha value is -3.46. The van der Waals surface area contributed by atoms with Crippen LogP contribution in [0.5, 0.6) is 0 Å². The molecule has 140 valence electrons. The summed E-state index contributed by atoms with van der Waals surface area (Å²) in [6.45, 7) is 1.74. The lowest BCUT2D eigenvalue weighted by Crippen LogP contribution is -2.26. The second-order valence-corrected chi connectivity index (χ2v) is 6.47. The third-order valence-electron chi connectivity index (χ3n) is 4.55. The molecule has 0 aromatic carbocycles. The highest BCUT2D eigenvalue weighted by Crippen LogP contribution is 2.28. The summed E-state index contributed by atoms with van der Waals surface area (Å²) in [5.74, 6) is -2.23. The van der Waals surface area contributed by atoms with E-state index in [1.54, 1.807) is 31.2 Å². The number of allylic oxidation sites excluding steroid dienone is 3. The zero-order chi connectivity index (χ0) is 19.9. The molecule has 0 aromatic rings. The van der Waals surface area contributed by atoms with Crippen molar-refractivity contribution in [2.75, 3.05) is 0 Å². The minimum absolute atomic E-state index is 0.134. The molecule has 0 bridgehead atoms. The largest absolute Gasteiger partial charge is 0.542 e. The molecule has 0 amide bonds. The smallest absolute Gasteiger partial charge is 0.507 e. The Morgan fingerprint density at radius 2 is 1.50 bits per heavy atom. The highest BCUT2D eigenvalue weighted by atomic mass is 16.6. The molecule has 0 unspecified atom stereocenters.